The van der Waals surface area contributed by atoms with Gasteiger partial charge in [0.2, 0.25) is 0 Å². The maximum absolute atomic E-state index is 12.5. The third-order valence-electron chi connectivity index (χ3n) is 4.75. The van der Waals surface area contributed by atoms with Crippen LogP contribution in [0.2, 0.25) is 0 Å². The number of halogens is 2. The topological polar surface area (TPSA) is 63.7 Å². The number of imide groups is 1. The summed E-state index contributed by atoms with van der Waals surface area (Å²) in [5.74, 6) is -1.21. The fourth-order valence-electron chi connectivity index (χ4n) is 3.07. The van der Waals surface area contributed by atoms with E-state index in [1.807, 2.05) is 0 Å². The molecule has 0 N–H and O–H groups in total. The van der Waals surface area contributed by atoms with Gasteiger partial charge >= 0.3 is 5.97 Å². The van der Waals surface area contributed by atoms with Gasteiger partial charge in [0.15, 0.2) is 0 Å². The Morgan fingerprint density at radius 2 is 1.70 bits per heavy atom. The molecule has 27 heavy (non-hydrogen) atoms. The van der Waals surface area contributed by atoms with Gasteiger partial charge in [-0.2, -0.15) is 0 Å². The number of alkyl halides is 2. The van der Waals surface area contributed by atoms with Crippen LogP contribution in [-0.4, -0.2) is 33.6 Å². The molecule has 5 nitrogen and oxygen atoms in total. The van der Waals surface area contributed by atoms with Gasteiger partial charge in [-0.05, 0) is 36.2 Å². The average molecular weight is 404 g/mol. The Morgan fingerprint density at radius 3 is 2.30 bits per heavy atom. The summed E-state index contributed by atoms with van der Waals surface area (Å²) in [6, 6.07) is 13.4. The molecule has 1 fully saturated rings. The molecule has 138 valence electrons. The summed E-state index contributed by atoms with van der Waals surface area (Å²) in [5.41, 5.74) is 1.80. The lowest BCUT2D eigenvalue weighted by Crippen LogP contribution is -2.29. The van der Waals surface area contributed by atoms with E-state index in [1.165, 1.54) is 4.90 Å². The van der Waals surface area contributed by atoms with E-state index in [1.54, 1.807) is 48.5 Å². The summed E-state index contributed by atoms with van der Waals surface area (Å²) in [6.45, 7) is 0.247. The first-order valence-electron chi connectivity index (χ1n) is 8.46. The van der Waals surface area contributed by atoms with Gasteiger partial charge in [0.25, 0.3) is 11.8 Å². The van der Waals surface area contributed by atoms with Gasteiger partial charge in [-0.15, -0.1) is 23.2 Å². The Morgan fingerprint density at radius 1 is 1.07 bits per heavy atom. The van der Waals surface area contributed by atoms with Crippen LogP contribution in [0.4, 0.5) is 0 Å². The van der Waals surface area contributed by atoms with Crippen molar-refractivity contribution in [2.45, 2.75) is 17.3 Å². The molecule has 2 aromatic carbocycles. The predicted molar refractivity (Wildman–Crippen MR) is 99.9 cm³/mol. The molecule has 0 unspecified atom stereocenters. The maximum atomic E-state index is 12.5. The number of fused-ring (bicyclic) bond motifs is 1. The molecule has 7 heteroatoms. The number of ether oxygens (including phenoxy) is 1. The highest BCUT2D eigenvalue weighted by atomic mass is 35.5. The molecular weight excluding hydrogens is 389 g/mol. The lowest BCUT2D eigenvalue weighted by atomic mass is 10.1. The zero-order valence-electron chi connectivity index (χ0n) is 14.2. The summed E-state index contributed by atoms with van der Waals surface area (Å²) in [4.78, 5) is 38.3. The van der Waals surface area contributed by atoms with E-state index < -0.39 is 10.3 Å². The van der Waals surface area contributed by atoms with Crippen molar-refractivity contribution >= 4 is 41.0 Å². The Balaban J connectivity index is 1.45. The maximum Gasteiger partial charge on any atom is 0.338 e. The lowest BCUT2D eigenvalue weighted by Gasteiger charge is -2.14. The monoisotopic (exact) mass is 403 g/mol. The molecule has 1 atom stereocenters. The number of hydrogen-bond acceptors (Lipinski definition) is 4. The van der Waals surface area contributed by atoms with Crippen molar-refractivity contribution in [1.82, 2.24) is 4.90 Å². The molecule has 2 aromatic rings. The smallest absolute Gasteiger partial charge is 0.338 e. The van der Waals surface area contributed by atoms with E-state index in [0.29, 0.717) is 28.7 Å². The van der Waals surface area contributed by atoms with Crippen LogP contribution in [0, 0.1) is 5.92 Å². The van der Waals surface area contributed by atoms with Crippen LogP contribution < -0.4 is 0 Å². The number of nitrogens with zero attached hydrogens (tertiary/aromatic N) is 1. The van der Waals surface area contributed by atoms with Crippen molar-refractivity contribution in [1.29, 1.82) is 0 Å². The van der Waals surface area contributed by atoms with Crippen LogP contribution in [-0.2, 0) is 11.3 Å². The minimum atomic E-state index is -0.798. The third kappa shape index (κ3) is 3.45. The van der Waals surface area contributed by atoms with Crippen LogP contribution in [0.1, 0.15) is 43.1 Å². The van der Waals surface area contributed by atoms with Crippen LogP contribution in [0.3, 0.4) is 0 Å². The first-order chi connectivity index (χ1) is 12.9. The molecule has 1 heterocycles. The van der Waals surface area contributed by atoms with Crippen LogP contribution in [0.5, 0.6) is 0 Å². The van der Waals surface area contributed by atoms with E-state index in [4.69, 9.17) is 27.9 Å². The van der Waals surface area contributed by atoms with Gasteiger partial charge in [-0.25, -0.2) is 4.79 Å². The Labute approximate surface area is 165 Å². The molecule has 0 radical (unpaired) electrons. The summed E-state index contributed by atoms with van der Waals surface area (Å²) >= 11 is 11.9. The van der Waals surface area contributed by atoms with Gasteiger partial charge in [0, 0.05) is 5.92 Å². The van der Waals surface area contributed by atoms with Crippen molar-refractivity contribution in [2.24, 2.45) is 5.92 Å². The molecular formula is C20H15Cl2NO4. The quantitative estimate of drug-likeness (QED) is 0.432. The minimum Gasteiger partial charge on any atom is -0.462 e. The third-order valence-corrected chi connectivity index (χ3v) is 5.68. The molecule has 4 rings (SSSR count). The van der Waals surface area contributed by atoms with Crippen LogP contribution in [0.15, 0.2) is 48.5 Å². The first kappa shape index (κ1) is 18.0. The van der Waals surface area contributed by atoms with Crippen molar-refractivity contribution in [3.63, 3.8) is 0 Å². The highest BCUT2D eigenvalue weighted by Gasteiger charge is 2.52. The highest BCUT2D eigenvalue weighted by molar-refractivity contribution is 6.50. The Bertz CT molecular complexity index is 922. The lowest BCUT2D eigenvalue weighted by molar-refractivity contribution is 0.0485. The van der Waals surface area contributed by atoms with Gasteiger partial charge in [-0.3, -0.25) is 14.5 Å². The van der Waals surface area contributed by atoms with Gasteiger partial charge in [0.05, 0.1) is 29.8 Å². The number of carbonyl (C=O) groups excluding carboxylic acids is 3. The second kappa shape index (κ2) is 6.66. The van der Waals surface area contributed by atoms with E-state index in [0.717, 1.165) is 0 Å². The molecule has 1 saturated carbocycles. The Hall–Kier alpha value is -2.37. The zero-order chi connectivity index (χ0) is 19.2. The number of esters is 1. The standard InChI is InChI=1S/C20H15Cl2NO4/c21-20(22)9-14(20)11-27-19(26)13-5-3-4-12(8-13)10-23-17(24)15-6-1-2-7-16(15)18(23)25/h1-8,14H,9-11H2/t14-/m0/s1. The number of hydrogen-bond donors (Lipinski definition) is 0. The van der Waals surface area contributed by atoms with Crippen molar-refractivity contribution < 1.29 is 19.1 Å². The average Bonchev–Trinajstić information content (AvgIpc) is 3.22. The van der Waals surface area contributed by atoms with Crippen LogP contribution >= 0.6 is 23.2 Å². The number of benzene rings is 2. The molecule has 1 aliphatic heterocycles. The highest BCUT2D eigenvalue weighted by Crippen LogP contribution is 2.53. The Kier molecular flexibility index (Phi) is 4.44. The summed E-state index contributed by atoms with van der Waals surface area (Å²) < 4.78 is 4.45. The molecule has 0 spiro atoms. The van der Waals surface area contributed by atoms with Gasteiger partial charge in [0.1, 0.15) is 4.33 Å². The summed E-state index contributed by atoms with van der Waals surface area (Å²) in [6.07, 6.45) is 0.600. The van der Waals surface area contributed by atoms with Crippen molar-refractivity contribution in [3.05, 3.63) is 70.8 Å². The second-order valence-electron chi connectivity index (χ2n) is 6.70. The molecule has 0 bridgehead atoms. The minimum absolute atomic E-state index is 0.0497. The fraction of sp³-hybridized carbons (Fsp3) is 0.250. The van der Waals surface area contributed by atoms with Crippen molar-refractivity contribution in [3.8, 4) is 0 Å². The van der Waals surface area contributed by atoms with Gasteiger partial charge < -0.3 is 4.74 Å². The summed E-state index contributed by atoms with van der Waals surface area (Å²) in [5, 5.41) is 0. The largest absolute Gasteiger partial charge is 0.462 e. The van der Waals surface area contributed by atoms with E-state index in [2.05, 4.69) is 0 Å². The van der Waals surface area contributed by atoms with Crippen molar-refractivity contribution in [2.75, 3.05) is 6.61 Å². The van der Waals surface area contributed by atoms with Gasteiger partial charge in [-0.1, -0.05) is 24.3 Å². The fourth-order valence-corrected chi connectivity index (χ4v) is 3.57. The number of rotatable bonds is 5. The summed E-state index contributed by atoms with van der Waals surface area (Å²) in [7, 11) is 0. The van der Waals surface area contributed by atoms with E-state index >= 15 is 0 Å². The molecule has 2 aliphatic rings. The van der Waals surface area contributed by atoms with E-state index in [9.17, 15) is 14.4 Å². The predicted octanol–water partition coefficient (Wildman–Crippen LogP) is 3.83. The normalized spacial score (nSPS) is 19.8. The zero-order valence-corrected chi connectivity index (χ0v) is 15.7. The number of amides is 2. The molecule has 0 saturated heterocycles. The van der Waals surface area contributed by atoms with E-state index in [-0.39, 0.29) is 30.9 Å². The molecule has 2 amide bonds. The second-order valence-corrected chi connectivity index (χ2v) is 8.25. The first-order valence-corrected chi connectivity index (χ1v) is 9.21. The molecule has 1 aliphatic carbocycles. The number of carbonyl (C=O) groups is 3. The van der Waals surface area contributed by atoms with Crippen LogP contribution in [0.25, 0.3) is 0 Å². The SMILES string of the molecule is O=C(OC[C@@H]1CC1(Cl)Cl)c1cccc(CN2C(=O)c3ccccc3C2=O)c1. The molecule has 0 aromatic heterocycles.